The van der Waals surface area contributed by atoms with Crippen molar-refractivity contribution in [2.45, 2.75) is 103 Å². The highest BCUT2D eigenvalue weighted by Gasteiger charge is 2.74. The van der Waals surface area contributed by atoms with Gasteiger partial charge >= 0.3 is 12.2 Å². The molecule has 11 heteroatoms. The second-order valence-electron chi connectivity index (χ2n) is 17.9. The van der Waals surface area contributed by atoms with E-state index in [0.717, 1.165) is 30.5 Å². The molecule has 3 saturated carbocycles. The van der Waals surface area contributed by atoms with Crippen molar-refractivity contribution in [2.24, 2.45) is 33.5 Å². The van der Waals surface area contributed by atoms with Gasteiger partial charge in [-0.3, -0.25) is 4.79 Å². The highest BCUT2D eigenvalue weighted by atomic mass is 35.5. The van der Waals surface area contributed by atoms with Gasteiger partial charge in [0, 0.05) is 40.0 Å². The molecule has 0 saturated heterocycles. The molecular weight excluding hydrogens is 741 g/mol. The van der Waals surface area contributed by atoms with Gasteiger partial charge in [0.25, 0.3) is 0 Å². The van der Waals surface area contributed by atoms with Gasteiger partial charge in [0.15, 0.2) is 5.76 Å². The Hall–Kier alpha value is -3.86. The predicted molar refractivity (Wildman–Crippen MR) is 208 cm³/mol. The Morgan fingerprint density at radius 3 is 2.38 bits per heavy atom. The SMILES string of the molecule is CC(C)NC(=O)N(Cc1ccccc1)CC1(O)CCC2C34C=CC5(C=C3C(=O)c3ccc(-c6cc(C(F)(F)F)ccc6Cl)o3)CC(O)CCC5(C)C4CCC21C. The van der Waals surface area contributed by atoms with Gasteiger partial charge in [-0.25, -0.2) is 4.79 Å². The number of urea groups is 1. The lowest BCUT2D eigenvalue weighted by Crippen LogP contribution is -2.67. The summed E-state index contributed by atoms with van der Waals surface area (Å²) in [5.41, 5.74) is -3.01. The van der Waals surface area contributed by atoms with Crippen LogP contribution in [-0.4, -0.2) is 51.2 Å². The van der Waals surface area contributed by atoms with Gasteiger partial charge in [0.2, 0.25) is 5.78 Å². The first-order valence-electron chi connectivity index (χ1n) is 19.8. The van der Waals surface area contributed by atoms with E-state index in [4.69, 9.17) is 16.0 Å². The Bertz CT molecular complexity index is 2110. The van der Waals surface area contributed by atoms with Crippen LogP contribution in [0.4, 0.5) is 18.0 Å². The second-order valence-corrected chi connectivity index (χ2v) is 18.3. The molecule has 0 aliphatic heterocycles. The number of halogens is 4. The summed E-state index contributed by atoms with van der Waals surface area (Å²) in [6.45, 7) is 8.66. The van der Waals surface area contributed by atoms with E-state index >= 15 is 4.79 Å². The number of carbonyl (C=O) groups is 2. The number of nitrogens with one attached hydrogen (secondary N) is 1. The van der Waals surface area contributed by atoms with Crippen molar-refractivity contribution >= 4 is 23.4 Å². The van der Waals surface area contributed by atoms with Crippen LogP contribution in [0, 0.1) is 33.5 Å². The number of rotatable bonds is 8. The Balaban J connectivity index is 1.20. The van der Waals surface area contributed by atoms with Gasteiger partial charge in [0.05, 0.1) is 28.8 Å². The smallest absolute Gasteiger partial charge is 0.416 e. The Morgan fingerprint density at radius 1 is 0.964 bits per heavy atom. The largest absolute Gasteiger partial charge is 0.453 e. The van der Waals surface area contributed by atoms with Crippen LogP contribution in [0.15, 0.2) is 88.9 Å². The van der Waals surface area contributed by atoms with Gasteiger partial charge in [-0.15, -0.1) is 0 Å². The molecule has 56 heavy (non-hydrogen) atoms. The number of fused-ring (bicyclic) bond motifs is 1. The van der Waals surface area contributed by atoms with E-state index in [-0.39, 0.29) is 63.8 Å². The van der Waals surface area contributed by atoms with Crippen molar-refractivity contribution in [3.63, 3.8) is 0 Å². The van der Waals surface area contributed by atoms with Crippen LogP contribution in [-0.2, 0) is 12.7 Å². The topological polar surface area (TPSA) is 103 Å². The van der Waals surface area contributed by atoms with Crippen molar-refractivity contribution < 1.29 is 37.4 Å². The molecular formula is C45H50ClF3N2O5. The quantitative estimate of drug-likeness (QED) is 0.156. The maximum Gasteiger partial charge on any atom is 0.416 e. The van der Waals surface area contributed by atoms with E-state index in [1.807, 2.05) is 44.2 Å². The average Bonchev–Trinajstić information content (AvgIpc) is 3.73. The van der Waals surface area contributed by atoms with E-state index in [0.29, 0.717) is 44.2 Å². The lowest BCUT2D eigenvalue weighted by molar-refractivity contribution is -0.174. The van der Waals surface area contributed by atoms with Gasteiger partial charge in [-0.2, -0.15) is 13.2 Å². The molecule has 2 spiro atoms. The fourth-order valence-corrected chi connectivity index (χ4v) is 12.1. The molecule has 7 nitrogen and oxygen atoms in total. The first-order chi connectivity index (χ1) is 26.4. The lowest BCUT2D eigenvalue weighted by Gasteiger charge is -2.71. The lowest BCUT2D eigenvalue weighted by atomic mass is 9.32. The average molecular weight is 791 g/mol. The van der Waals surface area contributed by atoms with Crippen molar-refractivity contribution in [1.29, 1.82) is 0 Å². The standard InChI is InChI=1S/C45H50ClF3N2O5/c1-27(2)50-39(54)51(25-28-8-6-5-7-9-28)26-43(55)19-16-37-41(43,4)18-15-36-40(3)17-14-30(52)23-42(40)20-21-44(36,37)32(24-42)38(53)35-13-12-34(56-35)31-22-29(45(47,48)49)10-11-33(31)46/h5-13,20-22,24,27,30,36-37,52,55H,14-19,23,25-26H2,1-4H3,(H,50,54). The monoisotopic (exact) mass is 790 g/mol. The number of Topliss-reactive ketones (excluding diaryl/α,β-unsaturated/α-hetero) is 1. The minimum atomic E-state index is -4.60. The van der Waals surface area contributed by atoms with E-state index in [1.165, 1.54) is 18.2 Å². The predicted octanol–water partition coefficient (Wildman–Crippen LogP) is 10.0. The van der Waals surface area contributed by atoms with Crippen molar-refractivity contribution in [2.75, 3.05) is 6.54 Å². The molecule has 1 aromatic heterocycles. The van der Waals surface area contributed by atoms with Gasteiger partial charge in [0.1, 0.15) is 5.76 Å². The summed E-state index contributed by atoms with van der Waals surface area (Å²) >= 11 is 6.38. The van der Waals surface area contributed by atoms with Crippen LogP contribution >= 0.6 is 11.6 Å². The summed E-state index contributed by atoms with van der Waals surface area (Å²) < 4.78 is 47.2. The number of hydrogen-bond donors (Lipinski definition) is 3. The van der Waals surface area contributed by atoms with Crippen LogP contribution in [0.3, 0.4) is 0 Å². The molecule has 0 radical (unpaired) electrons. The summed E-state index contributed by atoms with van der Waals surface area (Å²) in [6, 6.07) is 15.4. The molecule has 8 unspecified atom stereocenters. The molecule has 9 rings (SSSR count). The van der Waals surface area contributed by atoms with Crippen molar-refractivity contribution in [3.8, 4) is 11.3 Å². The Labute approximate surface area is 331 Å². The van der Waals surface area contributed by atoms with Gasteiger partial charge < -0.3 is 24.8 Å². The number of furan rings is 1. The van der Waals surface area contributed by atoms with Gasteiger partial charge in [-0.1, -0.05) is 74.0 Å². The van der Waals surface area contributed by atoms with E-state index in [1.54, 1.807) is 4.90 Å². The summed E-state index contributed by atoms with van der Waals surface area (Å²) in [6.07, 6.45) is 5.67. The third-order valence-electron chi connectivity index (χ3n) is 14.7. The number of hydrogen-bond acceptors (Lipinski definition) is 5. The summed E-state index contributed by atoms with van der Waals surface area (Å²) in [5.74, 6) is -0.506. The number of amides is 2. The third-order valence-corrected chi connectivity index (χ3v) is 15.0. The van der Waals surface area contributed by atoms with E-state index < -0.39 is 39.7 Å². The molecule has 1 heterocycles. The zero-order chi connectivity index (χ0) is 40.1. The maximum absolute atomic E-state index is 15.1. The second kappa shape index (κ2) is 13.3. The molecule has 3 aromatic rings. The van der Waals surface area contributed by atoms with E-state index in [2.05, 4.69) is 37.4 Å². The van der Waals surface area contributed by atoms with Crippen molar-refractivity contribution in [3.05, 3.63) is 106 Å². The molecule has 6 aliphatic rings. The molecule has 3 N–H and O–H groups in total. The van der Waals surface area contributed by atoms with Crippen LogP contribution in [0.1, 0.15) is 94.3 Å². The molecule has 298 valence electrons. The van der Waals surface area contributed by atoms with Crippen LogP contribution in [0.25, 0.3) is 11.3 Å². The molecule has 2 aromatic carbocycles. The number of aliphatic hydroxyl groups is 2. The number of nitrogens with zero attached hydrogens (tertiary/aromatic N) is 1. The molecule has 2 bridgehead atoms. The van der Waals surface area contributed by atoms with E-state index in [9.17, 15) is 28.2 Å². The van der Waals surface area contributed by atoms with Crippen LogP contribution in [0.5, 0.6) is 0 Å². The highest BCUT2D eigenvalue weighted by Crippen LogP contribution is 2.78. The number of allylic oxidation sites excluding steroid dienone is 4. The Kier molecular flexibility index (Phi) is 9.29. The normalized spacial score (nSPS) is 34.4. The summed E-state index contributed by atoms with van der Waals surface area (Å²) in [5, 5.41) is 27.2. The van der Waals surface area contributed by atoms with Crippen LogP contribution < -0.4 is 5.32 Å². The highest BCUT2D eigenvalue weighted by molar-refractivity contribution is 6.33. The zero-order valence-corrected chi connectivity index (χ0v) is 33.0. The number of carbonyl (C=O) groups excluding carboxylic acids is 2. The number of alkyl halides is 3. The number of ketones is 1. The maximum atomic E-state index is 15.1. The first-order valence-corrected chi connectivity index (χ1v) is 20.2. The molecule has 8 atom stereocenters. The fourth-order valence-electron chi connectivity index (χ4n) is 11.9. The molecule has 2 amide bonds. The summed E-state index contributed by atoms with van der Waals surface area (Å²) in [7, 11) is 0. The van der Waals surface area contributed by atoms with Crippen molar-refractivity contribution in [1.82, 2.24) is 10.2 Å². The Morgan fingerprint density at radius 2 is 1.66 bits per heavy atom. The minimum absolute atomic E-state index is 0.00822. The minimum Gasteiger partial charge on any atom is -0.453 e. The summed E-state index contributed by atoms with van der Waals surface area (Å²) in [4.78, 5) is 30.6. The number of aliphatic hydroxyl groups excluding tert-OH is 1. The van der Waals surface area contributed by atoms with Crippen LogP contribution in [0.2, 0.25) is 5.02 Å². The first kappa shape index (κ1) is 39.0. The zero-order valence-electron chi connectivity index (χ0n) is 32.3. The molecule has 6 aliphatic carbocycles. The number of benzene rings is 2. The van der Waals surface area contributed by atoms with Gasteiger partial charge in [-0.05, 0) is 112 Å². The fraction of sp³-hybridized carbons (Fsp3) is 0.511. The third kappa shape index (κ3) is 5.83. The molecule has 3 fully saturated rings.